The molecule has 0 saturated heterocycles. The summed E-state index contributed by atoms with van der Waals surface area (Å²) in [6, 6.07) is 8.02. The maximum atomic E-state index is 11.9. The minimum atomic E-state index is 0.248. The van der Waals surface area contributed by atoms with E-state index in [0.717, 1.165) is 40.8 Å². The van der Waals surface area contributed by atoms with Gasteiger partial charge in [-0.2, -0.15) is 0 Å². The number of methoxy groups -OCH3 is 1. The number of hydrogen-bond acceptors (Lipinski definition) is 5. The molecule has 1 aromatic heterocycles. The van der Waals surface area contributed by atoms with Crippen LogP contribution in [0.1, 0.15) is 33.8 Å². The smallest absolute Gasteiger partial charge is 0.186 e. The molecule has 110 valence electrons. The molecular weight excluding hydrogens is 284 g/mol. The maximum absolute atomic E-state index is 11.9. The lowest BCUT2D eigenvalue weighted by Gasteiger charge is -2.15. The molecule has 0 saturated carbocycles. The Morgan fingerprint density at radius 2 is 2.05 bits per heavy atom. The molecular formula is C16H18N2O2S. The predicted octanol–water partition coefficient (Wildman–Crippen LogP) is 3.31. The van der Waals surface area contributed by atoms with Gasteiger partial charge in [0, 0.05) is 20.0 Å². The van der Waals surface area contributed by atoms with E-state index in [1.807, 2.05) is 31.3 Å². The number of hydrogen-bond donors (Lipinski definition) is 0. The fourth-order valence-corrected chi connectivity index (χ4v) is 3.53. The normalized spacial score (nSPS) is 13.9. The summed E-state index contributed by atoms with van der Waals surface area (Å²) < 4.78 is 5.16. The topological polar surface area (TPSA) is 42.4 Å². The second-order valence-corrected chi connectivity index (χ2v) is 6.23. The van der Waals surface area contributed by atoms with E-state index in [1.54, 1.807) is 7.11 Å². The first-order chi connectivity index (χ1) is 10.2. The van der Waals surface area contributed by atoms with Crippen molar-refractivity contribution in [3.8, 4) is 5.75 Å². The predicted molar refractivity (Wildman–Crippen MR) is 84.5 cm³/mol. The first kappa shape index (κ1) is 14.1. The summed E-state index contributed by atoms with van der Waals surface area (Å²) in [5, 5.41) is 0.922. The van der Waals surface area contributed by atoms with Crippen LogP contribution in [-0.2, 0) is 13.0 Å². The molecule has 4 nitrogen and oxygen atoms in total. The Hall–Kier alpha value is -1.88. The summed E-state index contributed by atoms with van der Waals surface area (Å²) in [4.78, 5) is 19.5. The van der Waals surface area contributed by atoms with Gasteiger partial charge in [-0.15, -0.1) is 0 Å². The first-order valence-corrected chi connectivity index (χ1v) is 7.86. The Bertz CT molecular complexity index is 649. The highest BCUT2D eigenvalue weighted by atomic mass is 32.1. The molecule has 2 aromatic rings. The van der Waals surface area contributed by atoms with Crippen molar-refractivity contribution in [3.63, 3.8) is 0 Å². The summed E-state index contributed by atoms with van der Waals surface area (Å²) in [7, 11) is 3.68. The van der Waals surface area contributed by atoms with Gasteiger partial charge < -0.3 is 9.64 Å². The van der Waals surface area contributed by atoms with Crippen molar-refractivity contribution in [1.29, 1.82) is 0 Å². The molecule has 0 atom stereocenters. The summed E-state index contributed by atoms with van der Waals surface area (Å²) in [5.41, 5.74) is 2.17. The van der Waals surface area contributed by atoms with E-state index in [4.69, 9.17) is 4.74 Å². The minimum absolute atomic E-state index is 0.248. The van der Waals surface area contributed by atoms with Gasteiger partial charge in [-0.1, -0.05) is 23.5 Å². The lowest BCUT2D eigenvalue weighted by atomic mass is 10.0. The molecule has 0 fully saturated rings. The Morgan fingerprint density at radius 3 is 2.71 bits per heavy atom. The maximum Gasteiger partial charge on any atom is 0.186 e. The number of ketones is 1. The third kappa shape index (κ3) is 2.93. The third-order valence-corrected chi connectivity index (χ3v) is 4.92. The van der Waals surface area contributed by atoms with Crippen LogP contribution in [0.25, 0.3) is 0 Å². The molecule has 0 N–H and O–H groups in total. The Labute approximate surface area is 128 Å². The largest absolute Gasteiger partial charge is 0.497 e. The van der Waals surface area contributed by atoms with Gasteiger partial charge in [0.1, 0.15) is 5.75 Å². The Kier molecular flexibility index (Phi) is 3.92. The Balaban J connectivity index is 1.75. The monoisotopic (exact) mass is 302 g/mol. The van der Waals surface area contributed by atoms with Crippen LogP contribution in [0.15, 0.2) is 24.3 Å². The number of ether oxygens (including phenoxy) is 1. The van der Waals surface area contributed by atoms with Gasteiger partial charge in [-0.25, -0.2) is 4.98 Å². The highest BCUT2D eigenvalue weighted by Gasteiger charge is 2.23. The van der Waals surface area contributed by atoms with Gasteiger partial charge in [0.15, 0.2) is 10.9 Å². The van der Waals surface area contributed by atoms with Crippen LogP contribution in [0, 0.1) is 0 Å². The fourth-order valence-electron chi connectivity index (χ4n) is 2.49. The number of fused-ring (bicyclic) bond motifs is 1. The molecule has 21 heavy (non-hydrogen) atoms. The number of aryl methyl sites for hydroxylation is 1. The number of anilines is 1. The van der Waals surface area contributed by atoms with E-state index in [9.17, 15) is 4.79 Å². The molecule has 1 aliphatic rings. The van der Waals surface area contributed by atoms with Gasteiger partial charge in [0.2, 0.25) is 0 Å². The molecule has 3 rings (SSSR count). The number of carbonyl (C=O) groups excluding carboxylic acids is 1. The van der Waals surface area contributed by atoms with Crippen LogP contribution in [-0.4, -0.2) is 24.9 Å². The summed E-state index contributed by atoms with van der Waals surface area (Å²) in [6.07, 6.45) is 2.52. The highest BCUT2D eigenvalue weighted by molar-refractivity contribution is 7.17. The molecule has 5 heteroatoms. The summed E-state index contributed by atoms with van der Waals surface area (Å²) in [6.45, 7) is 0.768. The molecule has 0 radical (unpaired) electrons. The number of benzene rings is 1. The van der Waals surface area contributed by atoms with Crippen molar-refractivity contribution >= 4 is 22.3 Å². The number of Topliss-reactive ketones (excluding diaryl/α,β-unsaturated/α-hetero) is 1. The molecule has 0 spiro atoms. The number of aromatic nitrogens is 1. The quantitative estimate of drug-likeness (QED) is 0.869. The van der Waals surface area contributed by atoms with Crippen molar-refractivity contribution in [2.45, 2.75) is 25.8 Å². The number of carbonyl (C=O) groups is 1. The van der Waals surface area contributed by atoms with E-state index in [2.05, 4.69) is 9.88 Å². The van der Waals surface area contributed by atoms with Crippen LogP contribution in [0.3, 0.4) is 0 Å². The Morgan fingerprint density at radius 1 is 1.29 bits per heavy atom. The average molecular weight is 302 g/mol. The van der Waals surface area contributed by atoms with E-state index < -0.39 is 0 Å². The third-order valence-electron chi connectivity index (χ3n) is 3.66. The molecule has 1 aromatic carbocycles. The lowest BCUT2D eigenvalue weighted by Crippen LogP contribution is -2.16. The van der Waals surface area contributed by atoms with Crippen LogP contribution in [0.5, 0.6) is 5.75 Å². The van der Waals surface area contributed by atoms with Gasteiger partial charge in [0.05, 0.1) is 17.7 Å². The van der Waals surface area contributed by atoms with Crippen LogP contribution >= 0.6 is 11.3 Å². The van der Waals surface area contributed by atoms with Crippen LogP contribution in [0.4, 0.5) is 5.13 Å². The molecule has 1 aliphatic carbocycles. The van der Waals surface area contributed by atoms with Crippen molar-refractivity contribution in [3.05, 3.63) is 40.4 Å². The van der Waals surface area contributed by atoms with Crippen molar-refractivity contribution in [2.75, 3.05) is 19.1 Å². The summed E-state index contributed by atoms with van der Waals surface area (Å²) in [5.74, 6) is 1.11. The average Bonchev–Trinajstić information content (AvgIpc) is 2.94. The van der Waals surface area contributed by atoms with E-state index >= 15 is 0 Å². The number of thiazole rings is 1. The highest BCUT2D eigenvalue weighted by Crippen LogP contribution is 2.31. The zero-order valence-corrected chi connectivity index (χ0v) is 13.1. The van der Waals surface area contributed by atoms with Crippen LogP contribution < -0.4 is 9.64 Å². The molecule has 0 bridgehead atoms. The van der Waals surface area contributed by atoms with Crippen molar-refractivity contribution < 1.29 is 9.53 Å². The van der Waals surface area contributed by atoms with Crippen molar-refractivity contribution in [1.82, 2.24) is 4.98 Å². The second kappa shape index (κ2) is 5.85. The second-order valence-electron chi connectivity index (χ2n) is 5.25. The first-order valence-electron chi connectivity index (χ1n) is 7.04. The standard InChI is InChI=1S/C16H18N2O2S/c1-18(10-11-6-8-12(20-2)9-7-11)16-17-13-4-3-5-14(19)15(13)21-16/h6-9H,3-5,10H2,1-2H3. The van der Waals surface area contributed by atoms with Crippen molar-refractivity contribution in [2.24, 2.45) is 0 Å². The van der Waals surface area contributed by atoms with E-state index in [-0.39, 0.29) is 5.78 Å². The van der Waals surface area contributed by atoms with Crippen LogP contribution in [0.2, 0.25) is 0 Å². The molecule has 0 aliphatic heterocycles. The van der Waals surface area contributed by atoms with Gasteiger partial charge in [-0.3, -0.25) is 4.79 Å². The molecule has 0 unspecified atom stereocenters. The zero-order valence-electron chi connectivity index (χ0n) is 12.3. The molecule has 0 amide bonds. The van der Waals surface area contributed by atoms with Gasteiger partial charge in [0.25, 0.3) is 0 Å². The number of rotatable bonds is 4. The molecule has 1 heterocycles. The SMILES string of the molecule is COc1ccc(CN(C)c2nc3c(s2)C(=O)CCC3)cc1. The summed E-state index contributed by atoms with van der Waals surface area (Å²) >= 11 is 1.52. The minimum Gasteiger partial charge on any atom is -0.497 e. The van der Waals surface area contributed by atoms with Gasteiger partial charge >= 0.3 is 0 Å². The fraction of sp³-hybridized carbons (Fsp3) is 0.375. The van der Waals surface area contributed by atoms with E-state index in [1.165, 1.54) is 16.9 Å². The zero-order chi connectivity index (χ0) is 14.8. The van der Waals surface area contributed by atoms with E-state index in [0.29, 0.717) is 6.42 Å². The number of nitrogens with zero attached hydrogens (tertiary/aromatic N) is 2. The van der Waals surface area contributed by atoms with Gasteiger partial charge in [-0.05, 0) is 30.5 Å². The lowest BCUT2D eigenvalue weighted by molar-refractivity contribution is 0.0976.